The molecular weight excluding hydrogens is 534 g/mol. The van der Waals surface area contributed by atoms with Crippen LogP contribution in [-0.2, 0) is 16.4 Å². The maximum Gasteiger partial charge on any atom is 0.234 e. The van der Waals surface area contributed by atoms with E-state index in [-0.39, 0.29) is 42.0 Å². The first-order valence-electron chi connectivity index (χ1n) is 9.59. The molecule has 0 unspecified atom stereocenters. The Bertz CT molecular complexity index is 1000. The lowest BCUT2D eigenvalue weighted by Gasteiger charge is -2.13. The lowest BCUT2D eigenvalue weighted by atomic mass is 10.1. The van der Waals surface area contributed by atoms with Gasteiger partial charge in [0.15, 0.2) is 5.96 Å². The number of anilines is 1. The molecule has 0 heterocycles. The van der Waals surface area contributed by atoms with Crippen LogP contribution in [0.25, 0.3) is 0 Å². The molecule has 0 aliphatic carbocycles. The van der Waals surface area contributed by atoms with Crippen LogP contribution < -0.4 is 20.1 Å². The van der Waals surface area contributed by atoms with Gasteiger partial charge >= 0.3 is 0 Å². The van der Waals surface area contributed by atoms with Gasteiger partial charge in [-0.3, -0.25) is 9.71 Å². The quantitative estimate of drug-likeness (QED) is 0.247. The monoisotopic (exact) mass is 564 g/mol. The SMILES string of the molecule is CN=C(NCCc1ccc(C)c(OC)c1)NCCS(=O)(=O)Nc1ccc(C)c(F)c1.I. The summed E-state index contributed by atoms with van der Waals surface area (Å²) in [5, 5.41) is 6.12. The summed E-state index contributed by atoms with van der Waals surface area (Å²) in [6, 6.07) is 10.3. The molecule has 0 saturated carbocycles. The highest BCUT2D eigenvalue weighted by molar-refractivity contribution is 14.0. The van der Waals surface area contributed by atoms with Crippen molar-refractivity contribution in [2.24, 2.45) is 4.99 Å². The van der Waals surface area contributed by atoms with E-state index >= 15 is 0 Å². The number of nitrogens with zero attached hydrogens (tertiary/aromatic N) is 1. The van der Waals surface area contributed by atoms with Crippen LogP contribution in [0.5, 0.6) is 5.75 Å². The second-order valence-corrected chi connectivity index (χ2v) is 8.71. The van der Waals surface area contributed by atoms with Gasteiger partial charge in [-0.25, -0.2) is 12.8 Å². The molecule has 0 fully saturated rings. The Labute approximate surface area is 201 Å². The third-order valence-corrected chi connectivity index (χ3v) is 5.80. The molecular formula is C21H30FIN4O3S. The molecule has 3 N–H and O–H groups in total. The second-order valence-electron chi connectivity index (χ2n) is 6.86. The smallest absolute Gasteiger partial charge is 0.234 e. The molecule has 0 atom stereocenters. The highest BCUT2D eigenvalue weighted by Crippen LogP contribution is 2.19. The number of hydrogen-bond acceptors (Lipinski definition) is 4. The Balaban J connectivity index is 0.00000480. The van der Waals surface area contributed by atoms with Gasteiger partial charge < -0.3 is 15.4 Å². The van der Waals surface area contributed by atoms with Crippen molar-refractivity contribution in [1.29, 1.82) is 0 Å². The minimum Gasteiger partial charge on any atom is -0.496 e. The van der Waals surface area contributed by atoms with Crippen molar-refractivity contribution in [3.05, 3.63) is 58.9 Å². The van der Waals surface area contributed by atoms with Crippen molar-refractivity contribution in [2.45, 2.75) is 20.3 Å². The van der Waals surface area contributed by atoms with Gasteiger partial charge in [0.2, 0.25) is 10.0 Å². The van der Waals surface area contributed by atoms with Crippen LogP contribution in [-0.4, -0.2) is 47.4 Å². The summed E-state index contributed by atoms with van der Waals surface area (Å²) in [6.07, 6.45) is 0.760. The molecule has 0 bridgehead atoms. The number of halogens is 2. The fourth-order valence-corrected chi connectivity index (χ4v) is 3.72. The van der Waals surface area contributed by atoms with Gasteiger partial charge in [0, 0.05) is 20.1 Å². The zero-order valence-electron chi connectivity index (χ0n) is 18.2. The summed E-state index contributed by atoms with van der Waals surface area (Å²) in [4.78, 5) is 4.10. The zero-order valence-corrected chi connectivity index (χ0v) is 21.3. The molecule has 10 heteroatoms. The van der Waals surface area contributed by atoms with Crippen molar-refractivity contribution < 1.29 is 17.5 Å². The summed E-state index contributed by atoms with van der Waals surface area (Å²) in [5.74, 6) is 0.717. The molecule has 31 heavy (non-hydrogen) atoms. The lowest BCUT2D eigenvalue weighted by molar-refractivity contribution is 0.411. The molecule has 0 aliphatic rings. The van der Waals surface area contributed by atoms with E-state index in [1.165, 1.54) is 18.2 Å². The Kier molecular flexibility index (Phi) is 11.0. The van der Waals surface area contributed by atoms with Crippen LogP contribution in [0.15, 0.2) is 41.4 Å². The summed E-state index contributed by atoms with van der Waals surface area (Å²) in [7, 11) is -0.355. The number of guanidine groups is 1. The fraction of sp³-hybridized carbons (Fsp3) is 0.381. The third kappa shape index (κ3) is 8.90. The first-order chi connectivity index (χ1) is 14.2. The molecule has 0 aromatic heterocycles. The van der Waals surface area contributed by atoms with Gasteiger partial charge in [-0.15, -0.1) is 24.0 Å². The summed E-state index contributed by atoms with van der Waals surface area (Å²) >= 11 is 0. The van der Waals surface area contributed by atoms with Gasteiger partial charge in [-0.05, 0) is 55.2 Å². The van der Waals surface area contributed by atoms with Crippen LogP contribution in [0.2, 0.25) is 0 Å². The normalized spacial score (nSPS) is 11.5. The van der Waals surface area contributed by atoms with Crippen molar-refractivity contribution in [3.63, 3.8) is 0 Å². The number of aryl methyl sites for hydroxylation is 2. The van der Waals surface area contributed by atoms with Crippen LogP contribution >= 0.6 is 24.0 Å². The van der Waals surface area contributed by atoms with Crippen LogP contribution in [0, 0.1) is 19.7 Å². The largest absolute Gasteiger partial charge is 0.496 e. The summed E-state index contributed by atoms with van der Waals surface area (Å²) < 4.78 is 45.7. The number of nitrogens with one attached hydrogen (secondary N) is 3. The summed E-state index contributed by atoms with van der Waals surface area (Å²) in [6.45, 7) is 4.39. The van der Waals surface area contributed by atoms with E-state index in [0.29, 0.717) is 18.1 Å². The standard InChI is InChI=1S/C21H29FN4O3S.HI/c1-15-6-8-18(14-19(15)22)26-30(27,28)12-11-25-21(23-3)24-10-9-17-7-5-16(2)20(13-17)29-4;/h5-8,13-14,26H,9-12H2,1-4H3,(H2,23,24,25);1H. The van der Waals surface area contributed by atoms with Gasteiger partial charge in [-0.1, -0.05) is 18.2 Å². The number of hydrogen-bond donors (Lipinski definition) is 3. The van der Waals surface area contributed by atoms with E-state index in [0.717, 1.165) is 23.3 Å². The van der Waals surface area contributed by atoms with E-state index in [9.17, 15) is 12.8 Å². The van der Waals surface area contributed by atoms with E-state index in [1.807, 2.05) is 25.1 Å². The summed E-state index contributed by atoms with van der Waals surface area (Å²) in [5.41, 5.74) is 2.86. The van der Waals surface area contributed by atoms with Crippen molar-refractivity contribution in [2.75, 3.05) is 37.7 Å². The zero-order chi connectivity index (χ0) is 22.1. The Morgan fingerprint density at radius 3 is 2.39 bits per heavy atom. The molecule has 2 aromatic rings. The number of benzene rings is 2. The average molecular weight is 564 g/mol. The number of aliphatic imine (C=N–C) groups is 1. The predicted octanol–water partition coefficient (Wildman–Crippen LogP) is 3.22. The molecule has 0 aliphatic heterocycles. The second kappa shape index (κ2) is 12.7. The molecule has 172 valence electrons. The maximum atomic E-state index is 13.6. The van der Waals surface area contributed by atoms with Crippen LogP contribution in [0.4, 0.5) is 10.1 Å². The molecule has 7 nitrogen and oxygen atoms in total. The Hall–Kier alpha value is -2.08. The van der Waals surface area contributed by atoms with E-state index in [4.69, 9.17) is 4.74 Å². The minimum absolute atomic E-state index is 0. The minimum atomic E-state index is -3.62. The predicted molar refractivity (Wildman–Crippen MR) is 135 cm³/mol. The Morgan fingerprint density at radius 1 is 1.06 bits per heavy atom. The maximum absolute atomic E-state index is 13.6. The van der Waals surface area contributed by atoms with Gasteiger partial charge in [-0.2, -0.15) is 0 Å². The number of methoxy groups -OCH3 is 1. The number of rotatable bonds is 9. The molecule has 2 rings (SSSR count). The molecule has 0 spiro atoms. The first-order valence-corrected chi connectivity index (χ1v) is 11.2. The molecule has 0 saturated heterocycles. The lowest BCUT2D eigenvalue weighted by Crippen LogP contribution is -2.40. The van der Waals surface area contributed by atoms with Gasteiger partial charge in [0.1, 0.15) is 11.6 Å². The van der Waals surface area contributed by atoms with Gasteiger partial charge in [0.25, 0.3) is 0 Å². The van der Waals surface area contributed by atoms with Crippen LogP contribution in [0.3, 0.4) is 0 Å². The molecule has 2 aromatic carbocycles. The third-order valence-electron chi connectivity index (χ3n) is 4.51. The molecule has 0 radical (unpaired) electrons. The van der Waals surface area contributed by atoms with Crippen molar-refractivity contribution in [1.82, 2.24) is 10.6 Å². The van der Waals surface area contributed by atoms with E-state index in [1.54, 1.807) is 21.1 Å². The number of ether oxygens (including phenoxy) is 1. The fourth-order valence-electron chi connectivity index (χ4n) is 2.76. The Morgan fingerprint density at radius 2 is 1.74 bits per heavy atom. The van der Waals surface area contributed by atoms with Crippen LogP contribution in [0.1, 0.15) is 16.7 Å². The van der Waals surface area contributed by atoms with Gasteiger partial charge in [0.05, 0.1) is 18.6 Å². The average Bonchev–Trinajstić information content (AvgIpc) is 2.70. The first kappa shape index (κ1) is 27.0. The van der Waals surface area contributed by atoms with E-state index in [2.05, 4.69) is 20.3 Å². The van der Waals surface area contributed by atoms with Crippen molar-refractivity contribution in [3.8, 4) is 5.75 Å². The molecule has 0 amide bonds. The van der Waals surface area contributed by atoms with Crippen molar-refractivity contribution >= 4 is 45.6 Å². The number of sulfonamides is 1. The highest BCUT2D eigenvalue weighted by atomic mass is 127. The highest BCUT2D eigenvalue weighted by Gasteiger charge is 2.12. The van der Waals surface area contributed by atoms with E-state index < -0.39 is 15.8 Å². The topological polar surface area (TPSA) is 91.8 Å².